The molecule has 4 aromatic rings. The number of rotatable bonds is 4. The van der Waals surface area contributed by atoms with Crippen LogP contribution in [0.1, 0.15) is 28.3 Å². The molecule has 188 valence electrons. The van der Waals surface area contributed by atoms with E-state index in [1.165, 1.54) is 31.4 Å². The number of carbonyl (C=O) groups excluding carboxylic acids is 2. The fourth-order valence-corrected chi connectivity index (χ4v) is 5.63. The first-order valence-corrected chi connectivity index (χ1v) is 11.9. The Hall–Kier alpha value is -4.31. The van der Waals surface area contributed by atoms with Crippen molar-refractivity contribution in [3.05, 3.63) is 88.0 Å². The average Bonchev–Trinajstić information content (AvgIpc) is 3.37. The number of Topliss-reactive ketones (excluding diaryl/α,β-unsaturated/α-hetero) is 1. The van der Waals surface area contributed by atoms with Crippen LogP contribution in [0.15, 0.2) is 54.1 Å². The first kappa shape index (κ1) is 24.4. The number of aromatic nitrogens is 1. The number of ketones is 1. The number of benzene rings is 3. The third-order valence-corrected chi connectivity index (χ3v) is 7.14. The van der Waals surface area contributed by atoms with Crippen LogP contribution in [0.4, 0.5) is 13.9 Å². The van der Waals surface area contributed by atoms with Crippen LogP contribution in [0.5, 0.6) is 11.5 Å². The Labute approximate surface area is 213 Å². The number of anilines is 1. The van der Waals surface area contributed by atoms with Gasteiger partial charge in [0.05, 0.1) is 29.0 Å². The number of aromatic hydroxyl groups is 1. The van der Waals surface area contributed by atoms with E-state index >= 15 is 0 Å². The fraction of sp³-hybridized carbons (Fsp3) is 0.148. The molecule has 1 aromatic heterocycles. The number of ether oxygens (including phenoxy) is 1. The lowest BCUT2D eigenvalue weighted by Crippen LogP contribution is -2.29. The van der Waals surface area contributed by atoms with Crippen LogP contribution in [0.25, 0.3) is 16.0 Å². The van der Waals surface area contributed by atoms with Crippen molar-refractivity contribution in [2.24, 2.45) is 0 Å². The number of methoxy groups -OCH3 is 1. The molecule has 10 heteroatoms. The zero-order valence-corrected chi connectivity index (χ0v) is 20.7. The first-order valence-electron chi connectivity index (χ1n) is 11.1. The van der Waals surface area contributed by atoms with Crippen LogP contribution in [-0.4, -0.2) is 34.0 Å². The number of hydrogen-bond acceptors (Lipinski definition) is 7. The van der Waals surface area contributed by atoms with Crippen molar-refractivity contribution in [3.63, 3.8) is 0 Å². The van der Waals surface area contributed by atoms with E-state index in [1.54, 1.807) is 13.0 Å². The molecule has 0 bridgehead atoms. The molecule has 5 rings (SSSR count). The van der Waals surface area contributed by atoms with Gasteiger partial charge in [0.15, 0.2) is 10.9 Å². The lowest BCUT2D eigenvalue weighted by molar-refractivity contribution is -0.132. The van der Waals surface area contributed by atoms with E-state index in [9.17, 15) is 28.6 Å². The summed E-state index contributed by atoms with van der Waals surface area (Å²) in [4.78, 5) is 32.0. The number of amides is 1. The summed E-state index contributed by atoms with van der Waals surface area (Å²) in [7, 11) is 1.43. The van der Waals surface area contributed by atoms with Gasteiger partial charge in [-0.3, -0.25) is 14.5 Å². The minimum atomic E-state index is -1.17. The summed E-state index contributed by atoms with van der Waals surface area (Å²) >= 11 is 0.836. The number of aliphatic hydroxyl groups excluding tert-OH is 1. The monoisotopic (exact) mass is 522 g/mol. The number of carbonyl (C=O) groups is 2. The Balaban J connectivity index is 1.78. The Kier molecular flexibility index (Phi) is 5.91. The maximum atomic E-state index is 14.4. The minimum absolute atomic E-state index is 0.0470. The number of nitrogens with zero attached hydrogens (tertiary/aromatic N) is 2. The van der Waals surface area contributed by atoms with E-state index in [2.05, 4.69) is 4.98 Å². The fourth-order valence-electron chi connectivity index (χ4n) is 4.60. The first-order chi connectivity index (χ1) is 17.6. The predicted octanol–water partition coefficient (Wildman–Crippen LogP) is 5.53. The normalized spacial score (nSPS) is 17.1. The summed E-state index contributed by atoms with van der Waals surface area (Å²) in [6.07, 6.45) is 0. The van der Waals surface area contributed by atoms with Crippen molar-refractivity contribution < 1.29 is 33.3 Å². The van der Waals surface area contributed by atoms with Gasteiger partial charge in [0.1, 0.15) is 28.6 Å². The van der Waals surface area contributed by atoms with Crippen LogP contribution < -0.4 is 9.64 Å². The molecule has 0 saturated carbocycles. The maximum absolute atomic E-state index is 14.4. The quantitative estimate of drug-likeness (QED) is 0.208. The van der Waals surface area contributed by atoms with Gasteiger partial charge < -0.3 is 14.9 Å². The van der Waals surface area contributed by atoms with Gasteiger partial charge in [0.25, 0.3) is 5.78 Å². The molecule has 1 atom stereocenters. The number of phenolic OH excluding ortho intramolecular Hbond substituents is 1. The van der Waals surface area contributed by atoms with E-state index in [0.717, 1.165) is 27.9 Å². The number of phenols is 1. The van der Waals surface area contributed by atoms with Gasteiger partial charge in [0.2, 0.25) is 0 Å². The molecule has 3 aromatic carbocycles. The molecule has 1 amide bonds. The van der Waals surface area contributed by atoms with Gasteiger partial charge in [-0.1, -0.05) is 29.5 Å². The molecule has 2 N–H and O–H groups in total. The van der Waals surface area contributed by atoms with Gasteiger partial charge in [0, 0.05) is 6.07 Å². The van der Waals surface area contributed by atoms with Crippen LogP contribution in [0.3, 0.4) is 0 Å². The zero-order valence-electron chi connectivity index (χ0n) is 19.9. The molecule has 1 saturated heterocycles. The van der Waals surface area contributed by atoms with E-state index < -0.39 is 35.1 Å². The Bertz CT molecular complexity index is 1630. The molecule has 0 radical (unpaired) electrons. The van der Waals surface area contributed by atoms with E-state index in [1.807, 2.05) is 13.0 Å². The minimum Gasteiger partial charge on any atom is -0.508 e. The predicted molar refractivity (Wildman–Crippen MR) is 135 cm³/mol. The number of hydrogen-bond donors (Lipinski definition) is 2. The highest BCUT2D eigenvalue weighted by Gasteiger charge is 2.48. The third kappa shape index (κ3) is 3.99. The second kappa shape index (κ2) is 8.97. The molecule has 1 aliphatic rings. The van der Waals surface area contributed by atoms with Crippen molar-refractivity contribution in [2.45, 2.75) is 19.9 Å². The maximum Gasteiger partial charge on any atom is 0.301 e. The highest BCUT2D eigenvalue weighted by atomic mass is 32.1. The molecular formula is C27H20F2N2O5S. The number of thiazole rings is 1. The van der Waals surface area contributed by atoms with Gasteiger partial charge in [-0.2, -0.15) is 0 Å². The SMILES string of the molecule is COc1c(C)cc(C)cc1/C(O)=C1\C(=O)C(=O)N(c2nc3c(F)cc(F)cc3s2)C1c1ccc(O)cc1. The Morgan fingerprint density at radius 1 is 1.08 bits per heavy atom. The van der Waals surface area contributed by atoms with Gasteiger partial charge >= 0.3 is 5.91 Å². The van der Waals surface area contributed by atoms with Crippen LogP contribution in [0.2, 0.25) is 0 Å². The van der Waals surface area contributed by atoms with E-state index in [4.69, 9.17) is 4.74 Å². The molecule has 0 aliphatic carbocycles. The summed E-state index contributed by atoms with van der Waals surface area (Å²) in [6, 6.07) is 9.84. The number of aliphatic hydroxyl groups is 1. The molecular weight excluding hydrogens is 502 g/mol. The van der Waals surface area contributed by atoms with Crippen molar-refractivity contribution >= 4 is 44.1 Å². The van der Waals surface area contributed by atoms with E-state index in [-0.39, 0.29) is 32.2 Å². The molecule has 0 spiro atoms. The summed E-state index contributed by atoms with van der Waals surface area (Å²) in [5.41, 5.74) is 1.72. The highest BCUT2D eigenvalue weighted by molar-refractivity contribution is 7.22. The lowest BCUT2D eigenvalue weighted by atomic mass is 9.93. The standard InChI is InChI=1S/C27H20F2N2O5S/c1-12-8-13(2)25(36-3)17(9-12)23(33)20-22(14-4-6-16(32)7-5-14)31(26(35)24(20)34)27-30-21-18(29)10-15(28)11-19(21)37-27/h4-11,22,32-33H,1-3H3/b23-20+. The summed E-state index contributed by atoms with van der Waals surface area (Å²) < 4.78 is 33.9. The van der Waals surface area contributed by atoms with Gasteiger partial charge in [-0.15, -0.1) is 0 Å². The van der Waals surface area contributed by atoms with Gasteiger partial charge in [-0.25, -0.2) is 13.8 Å². The largest absolute Gasteiger partial charge is 0.508 e. The number of aryl methyl sites for hydroxylation is 2. The summed E-state index contributed by atoms with van der Waals surface area (Å²) in [5.74, 6) is -3.87. The van der Waals surface area contributed by atoms with Crippen LogP contribution in [-0.2, 0) is 9.59 Å². The van der Waals surface area contributed by atoms with Crippen LogP contribution >= 0.6 is 11.3 Å². The molecule has 1 unspecified atom stereocenters. The molecule has 2 heterocycles. The average molecular weight is 523 g/mol. The Morgan fingerprint density at radius 2 is 1.78 bits per heavy atom. The van der Waals surface area contributed by atoms with Crippen molar-refractivity contribution in [2.75, 3.05) is 12.0 Å². The van der Waals surface area contributed by atoms with Crippen molar-refractivity contribution in [3.8, 4) is 11.5 Å². The van der Waals surface area contributed by atoms with Gasteiger partial charge in [-0.05, 0) is 54.8 Å². The van der Waals surface area contributed by atoms with Crippen molar-refractivity contribution in [1.82, 2.24) is 4.98 Å². The molecule has 1 aliphatic heterocycles. The Morgan fingerprint density at radius 3 is 2.46 bits per heavy atom. The number of fused-ring (bicyclic) bond motifs is 1. The van der Waals surface area contributed by atoms with E-state index in [0.29, 0.717) is 22.9 Å². The summed E-state index contributed by atoms with van der Waals surface area (Å²) in [6.45, 7) is 3.60. The molecule has 1 fully saturated rings. The second-order valence-corrected chi connectivity index (χ2v) is 9.66. The second-order valence-electron chi connectivity index (χ2n) is 8.65. The van der Waals surface area contributed by atoms with Crippen molar-refractivity contribution in [1.29, 1.82) is 0 Å². The lowest BCUT2D eigenvalue weighted by Gasteiger charge is -2.23. The molecule has 37 heavy (non-hydrogen) atoms. The summed E-state index contributed by atoms with van der Waals surface area (Å²) in [5, 5.41) is 21.2. The topological polar surface area (TPSA) is 100.0 Å². The smallest absolute Gasteiger partial charge is 0.301 e. The third-order valence-electron chi connectivity index (χ3n) is 6.14. The zero-order chi connectivity index (χ0) is 26.6. The van der Waals surface area contributed by atoms with Crippen LogP contribution in [0, 0.1) is 25.5 Å². The highest BCUT2D eigenvalue weighted by Crippen LogP contribution is 2.46. The molecule has 7 nitrogen and oxygen atoms in total. The number of halogens is 2.